The summed E-state index contributed by atoms with van der Waals surface area (Å²) in [5.74, 6) is -0.777. The zero-order chi connectivity index (χ0) is 10.8. The van der Waals surface area contributed by atoms with E-state index in [9.17, 15) is 9.59 Å². The lowest BCUT2D eigenvalue weighted by atomic mass is 10.1. The van der Waals surface area contributed by atoms with E-state index in [2.05, 4.69) is 5.32 Å². The summed E-state index contributed by atoms with van der Waals surface area (Å²) in [6.45, 7) is 0.658. The SMILES string of the molecule is O=C(O)C1OC1C(=O)NCC1CCCC1. The van der Waals surface area contributed by atoms with Crippen LogP contribution in [0.2, 0.25) is 0 Å². The van der Waals surface area contributed by atoms with E-state index in [1.807, 2.05) is 0 Å². The maximum absolute atomic E-state index is 11.4. The molecule has 15 heavy (non-hydrogen) atoms. The topological polar surface area (TPSA) is 78.9 Å². The summed E-state index contributed by atoms with van der Waals surface area (Å²) in [6.07, 6.45) is 3.11. The Bertz CT molecular complexity index is 273. The molecule has 1 amide bonds. The maximum Gasteiger partial charge on any atom is 0.336 e. The summed E-state index contributed by atoms with van der Waals surface area (Å²) in [5, 5.41) is 11.3. The largest absolute Gasteiger partial charge is 0.479 e. The number of rotatable bonds is 4. The number of carbonyl (C=O) groups is 2. The van der Waals surface area contributed by atoms with Gasteiger partial charge in [-0.2, -0.15) is 0 Å². The van der Waals surface area contributed by atoms with Crippen molar-refractivity contribution in [2.75, 3.05) is 6.54 Å². The molecule has 1 aliphatic carbocycles. The van der Waals surface area contributed by atoms with Crippen LogP contribution < -0.4 is 5.32 Å². The molecular formula is C10H15NO4. The minimum absolute atomic E-state index is 0.283. The van der Waals surface area contributed by atoms with Gasteiger partial charge < -0.3 is 15.2 Å². The van der Waals surface area contributed by atoms with E-state index in [0.717, 1.165) is 12.8 Å². The first kappa shape index (κ1) is 10.4. The Hall–Kier alpha value is -1.10. The van der Waals surface area contributed by atoms with E-state index in [1.165, 1.54) is 12.8 Å². The minimum atomic E-state index is -1.06. The molecule has 0 aromatic carbocycles. The molecule has 2 rings (SSSR count). The predicted molar refractivity (Wildman–Crippen MR) is 51.3 cm³/mol. The van der Waals surface area contributed by atoms with Crippen LogP contribution in [0.3, 0.4) is 0 Å². The second kappa shape index (κ2) is 4.18. The Kier molecular flexibility index (Phi) is 2.90. The number of carboxylic acid groups (broad SMARTS) is 1. The van der Waals surface area contributed by atoms with Gasteiger partial charge in [0.05, 0.1) is 0 Å². The summed E-state index contributed by atoms with van der Waals surface area (Å²) < 4.78 is 4.74. The normalized spacial score (nSPS) is 30.1. The number of carboxylic acids is 1. The van der Waals surface area contributed by atoms with E-state index in [4.69, 9.17) is 9.84 Å². The molecule has 2 N–H and O–H groups in total. The third-order valence-electron chi connectivity index (χ3n) is 3.03. The molecule has 2 atom stereocenters. The highest BCUT2D eigenvalue weighted by Gasteiger charge is 2.50. The Morgan fingerprint density at radius 2 is 1.93 bits per heavy atom. The second-order valence-electron chi connectivity index (χ2n) is 4.21. The van der Waals surface area contributed by atoms with E-state index in [0.29, 0.717) is 12.5 Å². The first-order valence-electron chi connectivity index (χ1n) is 5.34. The quantitative estimate of drug-likeness (QED) is 0.651. The lowest BCUT2D eigenvalue weighted by molar-refractivity contribution is -0.138. The van der Waals surface area contributed by atoms with Crippen molar-refractivity contribution in [1.29, 1.82) is 0 Å². The fraction of sp³-hybridized carbons (Fsp3) is 0.800. The Morgan fingerprint density at radius 3 is 2.47 bits per heavy atom. The Balaban J connectivity index is 1.67. The number of amides is 1. The van der Waals surface area contributed by atoms with Gasteiger partial charge in [-0.05, 0) is 18.8 Å². The molecule has 5 nitrogen and oxygen atoms in total. The van der Waals surface area contributed by atoms with Crippen molar-refractivity contribution in [3.05, 3.63) is 0 Å². The molecule has 1 aliphatic heterocycles. The number of hydrogen-bond acceptors (Lipinski definition) is 3. The highest BCUT2D eigenvalue weighted by Crippen LogP contribution is 2.25. The van der Waals surface area contributed by atoms with E-state index >= 15 is 0 Å². The van der Waals surface area contributed by atoms with Gasteiger partial charge in [0.1, 0.15) is 0 Å². The molecule has 0 aromatic heterocycles. The highest BCUT2D eigenvalue weighted by atomic mass is 16.6. The third-order valence-corrected chi connectivity index (χ3v) is 3.03. The number of epoxide rings is 1. The molecule has 2 unspecified atom stereocenters. The fourth-order valence-electron chi connectivity index (χ4n) is 2.06. The van der Waals surface area contributed by atoms with Gasteiger partial charge in [0.25, 0.3) is 5.91 Å². The molecule has 0 bridgehead atoms. The minimum Gasteiger partial charge on any atom is -0.479 e. The predicted octanol–water partition coefficient (Wildman–Crippen LogP) is 0.145. The van der Waals surface area contributed by atoms with Crippen LogP contribution in [-0.4, -0.2) is 35.7 Å². The maximum atomic E-state index is 11.4. The van der Waals surface area contributed by atoms with Crippen LogP contribution in [0.25, 0.3) is 0 Å². The van der Waals surface area contributed by atoms with Crippen molar-refractivity contribution in [3.8, 4) is 0 Å². The molecule has 5 heteroatoms. The summed E-state index contributed by atoms with van der Waals surface area (Å²) in [6, 6.07) is 0. The van der Waals surface area contributed by atoms with Gasteiger partial charge in [0, 0.05) is 6.54 Å². The van der Waals surface area contributed by atoms with Crippen LogP contribution in [0, 0.1) is 5.92 Å². The Labute approximate surface area is 87.8 Å². The average molecular weight is 213 g/mol. The molecule has 2 aliphatic rings. The van der Waals surface area contributed by atoms with Crippen LogP contribution in [0.1, 0.15) is 25.7 Å². The van der Waals surface area contributed by atoms with Crippen LogP contribution in [0.4, 0.5) is 0 Å². The standard InChI is InChI=1S/C10H15NO4/c12-9(7-8(15-7)10(13)14)11-5-6-3-1-2-4-6/h6-8H,1-5H2,(H,11,12)(H,13,14). The summed E-state index contributed by atoms with van der Waals surface area (Å²) in [7, 11) is 0. The summed E-state index contributed by atoms with van der Waals surface area (Å²) in [4.78, 5) is 21.8. The number of carbonyl (C=O) groups excluding carboxylic acids is 1. The first-order chi connectivity index (χ1) is 7.18. The van der Waals surface area contributed by atoms with Gasteiger partial charge in [0.2, 0.25) is 0 Å². The zero-order valence-corrected chi connectivity index (χ0v) is 8.44. The monoisotopic (exact) mass is 213 g/mol. The van der Waals surface area contributed by atoms with Crippen molar-refractivity contribution in [2.24, 2.45) is 5.92 Å². The lowest BCUT2D eigenvalue weighted by Crippen LogP contribution is -2.33. The lowest BCUT2D eigenvalue weighted by Gasteiger charge is -2.08. The molecule has 2 fully saturated rings. The van der Waals surface area contributed by atoms with E-state index < -0.39 is 18.2 Å². The first-order valence-corrected chi connectivity index (χ1v) is 5.34. The van der Waals surface area contributed by atoms with Crippen molar-refractivity contribution in [1.82, 2.24) is 5.32 Å². The van der Waals surface area contributed by atoms with Crippen molar-refractivity contribution < 1.29 is 19.4 Å². The average Bonchev–Trinajstić information content (AvgIpc) is 2.85. The third kappa shape index (κ3) is 2.47. The molecule has 0 radical (unpaired) electrons. The molecule has 84 valence electrons. The molecular weight excluding hydrogens is 198 g/mol. The highest BCUT2D eigenvalue weighted by molar-refractivity contribution is 5.91. The van der Waals surface area contributed by atoms with E-state index in [-0.39, 0.29) is 5.91 Å². The number of ether oxygens (including phenoxy) is 1. The number of hydrogen-bond donors (Lipinski definition) is 2. The second-order valence-corrected chi connectivity index (χ2v) is 4.21. The van der Waals surface area contributed by atoms with Crippen LogP contribution in [-0.2, 0) is 14.3 Å². The zero-order valence-electron chi connectivity index (χ0n) is 8.44. The number of nitrogens with one attached hydrogen (secondary N) is 1. The van der Waals surface area contributed by atoms with Crippen LogP contribution in [0.5, 0.6) is 0 Å². The molecule has 1 heterocycles. The summed E-state index contributed by atoms with van der Waals surface area (Å²) in [5.41, 5.74) is 0. The van der Waals surface area contributed by atoms with Crippen molar-refractivity contribution >= 4 is 11.9 Å². The molecule has 1 saturated carbocycles. The van der Waals surface area contributed by atoms with E-state index in [1.54, 1.807) is 0 Å². The molecule has 0 aromatic rings. The van der Waals surface area contributed by atoms with Gasteiger partial charge in [-0.3, -0.25) is 4.79 Å². The van der Waals surface area contributed by atoms with Gasteiger partial charge >= 0.3 is 5.97 Å². The van der Waals surface area contributed by atoms with Gasteiger partial charge in [-0.15, -0.1) is 0 Å². The molecule has 1 saturated heterocycles. The molecule has 0 spiro atoms. The van der Waals surface area contributed by atoms with Gasteiger partial charge in [-0.1, -0.05) is 12.8 Å². The van der Waals surface area contributed by atoms with Crippen molar-refractivity contribution in [3.63, 3.8) is 0 Å². The van der Waals surface area contributed by atoms with Crippen LogP contribution >= 0.6 is 0 Å². The van der Waals surface area contributed by atoms with Crippen molar-refractivity contribution in [2.45, 2.75) is 37.9 Å². The Morgan fingerprint density at radius 1 is 1.27 bits per heavy atom. The number of aliphatic carboxylic acids is 1. The van der Waals surface area contributed by atoms with Gasteiger partial charge in [-0.25, -0.2) is 4.79 Å². The smallest absolute Gasteiger partial charge is 0.336 e. The van der Waals surface area contributed by atoms with Gasteiger partial charge in [0.15, 0.2) is 12.2 Å². The summed E-state index contributed by atoms with van der Waals surface area (Å²) >= 11 is 0. The van der Waals surface area contributed by atoms with Crippen LogP contribution in [0.15, 0.2) is 0 Å². The fourth-order valence-corrected chi connectivity index (χ4v) is 2.06.